The first-order valence-corrected chi connectivity index (χ1v) is 5.36. The molecule has 0 radical (unpaired) electrons. The van der Waals surface area contributed by atoms with Gasteiger partial charge in [-0.1, -0.05) is 11.6 Å². The third-order valence-corrected chi connectivity index (χ3v) is 2.56. The van der Waals surface area contributed by atoms with E-state index in [1.165, 1.54) is 10.7 Å². The number of hydrogen-bond acceptors (Lipinski definition) is 3. The van der Waals surface area contributed by atoms with Crippen LogP contribution in [0, 0.1) is 18.6 Å². The molecule has 7 heteroatoms. The quantitative estimate of drug-likeness (QED) is 0.674. The molecule has 0 unspecified atom stereocenters. The predicted octanol–water partition coefficient (Wildman–Crippen LogP) is 2.59. The average molecular weight is 271 g/mol. The molecule has 1 aromatic heterocycles. The first-order valence-electron chi connectivity index (χ1n) is 4.98. The van der Waals surface area contributed by atoms with Gasteiger partial charge < -0.3 is 5.73 Å². The topological polar surface area (TPSA) is 56.2 Å². The summed E-state index contributed by atoms with van der Waals surface area (Å²) in [6.45, 7) is 1.73. The molecule has 2 aromatic rings. The number of hydrogen-bond donors (Lipinski definition) is 1. The summed E-state index contributed by atoms with van der Waals surface area (Å²) >= 11 is 5.76. The van der Waals surface area contributed by atoms with E-state index in [1.54, 1.807) is 13.1 Å². The van der Waals surface area contributed by atoms with Crippen molar-refractivity contribution in [2.45, 2.75) is 6.92 Å². The van der Waals surface area contributed by atoms with Crippen LogP contribution in [-0.2, 0) is 0 Å². The van der Waals surface area contributed by atoms with Crippen LogP contribution in [0.5, 0.6) is 0 Å². The minimum absolute atomic E-state index is 0.0630. The SMILES string of the molecule is Cc1cn(N=Cc2c(Cl)ccc(F)c2F)c(N)n1. The van der Waals surface area contributed by atoms with E-state index in [1.807, 2.05) is 0 Å². The summed E-state index contributed by atoms with van der Waals surface area (Å²) in [5.41, 5.74) is 6.07. The Bertz CT molecular complexity index is 622. The van der Waals surface area contributed by atoms with Crippen LogP contribution in [0.2, 0.25) is 5.02 Å². The fourth-order valence-corrected chi connectivity index (χ4v) is 1.57. The van der Waals surface area contributed by atoms with Crippen LogP contribution in [0.25, 0.3) is 0 Å². The maximum Gasteiger partial charge on any atom is 0.221 e. The van der Waals surface area contributed by atoms with E-state index in [2.05, 4.69) is 10.1 Å². The minimum Gasteiger partial charge on any atom is -0.368 e. The van der Waals surface area contributed by atoms with Gasteiger partial charge in [-0.3, -0.25) is 0 Å². The molecule has 0 spiro atoms. The molecule has 0 amide bonds. The number of anilines is 1. The van der Waals surface area contributed by atoms with Crippen molar-refractivity contribution in [3.63, 3.8) is 0 Å². The Morgan fingerprint density at radius 3 is 2.78 bits per heavy atom. The van der Waals surface area contributed by atoms with Crippen LogP contribution < -0.4 is 5.73 Å². The zero-order chi connectivity index (χ0) is 13.3. The Hall–Kier alpha value is -1.95. The smallest absolute Gasteiger partial charge is 0.221 e. The van der Waals surface area contributed by atoms with Gasteiger partial charge in [0.15, 0.2) is 11.6 Å². The molecule has 0 bridgehead atoms. The molecule has 1 aromatic carbocycles. The molecule has 94 valence electrons. The van der Waals surface area contributed by atoms with Crippen LogP contribution in [0.3, 0.4) is 0 Å². The summed E-state index contributed by atoms with van der Waals surface area (Å²) in [5, 5.41) is 3.94. The monoisotopic (exact) mass is 270 g/mol. The lowest BCUT2D eigenvalue weighted by molar-refractivity contribution is 0.507. The van der Waals surface area contributed by atoms with E-state index in [4.69, 9.17) is 17.3 Å². The number of benzene rings is 1. The number of nitrogens with two attached hydrogens (primary N) is 1. The molecule has 0 saturated heterocycles. The van der Waals surface area contributed by atoms with E-state index in [0.717, 1.165) is 12.3 Å². The Labute approximate surface area is 107 Å². The summed E-state index contributed by atoms with van der Waals surface area (Å²) in [5.74, 6) is -1.89. The standard InChI is InChI=1S/C11H9ClF2N4/c1-6-5-18(11(15)17-6)16-4-7-8(12)2-3-9(13)10(7)14/h2-5H,1H3,(H2,15,17). The minimum atomic E-state index is -1.05. The van der Waals surface area contributed by atoms with Crippen molar-refractivity contribution in [2.24, 2.45) is 5.10 Å². The van der Waals surface area contributed by atoms with Gasteiger partial charge in [0.25, 0.3) is 0 Å². The highest BCUT2D eigenvalue weighted by molar-refractivity contribution is 6.33. The summed E-state index contributed by atoms with van der Waals surface area (Å²) < 4.78 is 27.7. The number of imidazole rings is 1. The van der Waals surface area contributed by atoms with Gasteiger partial charge >= 0.3 is 0 Å². The molecule has 0 aliphatic rings. The third kappa shape index (κ3) is 2.33. The van der Waals surface area contributed by atoms with Crippen LogP contribution in [0.15, 0.2) is 23.4 Å². The Balaban J connectivity index is 2.40. The molecule has 0 aliphatic heterocycles. The lowest BCUT2D eigenvalue weighted by Crippen LogP contribution is -1.99. The van der Waals surface area contributed by atoms with Crippen molar-refractivity contribution in [3.8, 4) is 0 Å². The summed E-state index contributed by atoms with van der Waals surface area (Å²) in [4.78, 5) is 3.91. The zero-order valence-corrected chi connectivity index (χ0v) is 10.1. The average Bonchev–Trinajstić information content (AvgIpc) is 2.63. The van der Waals surface area contributed by atoms with E-state index in [0.29, 0.717) is 5.69 Å². The highest BCUT2D eigenvalue weighted by Crippen LogP contribution is 2.19. The molecular weight excluding hydrogens is 262 g/mol. The van der Waals surface area contributed by atoms with E-state index in [-0.39, 0.29) is 16.5 Å². The van der Waals surface area contributed by atoms with Crippen LogP contribution in [0.4, 0.5) is 14.7 Å². The molecule has 0 atom stereocenters. The van der Waals surface area contributed by atoms with Crippen molar-refractivity contribution in [1.29, 1.82) is 0 Å². The van der Waals surface area contributed by atoms with Gasteiger partial charge in [-0.2, -0.15) is 5.10 Å². The first kappa shape index (κ1) is 12.5. The molecule has 2 N–H and O–H groups in total. The predicted molar refractivity (Wildman–Crippen MR) is 65.7 cm³/mol. The number of nitrogen functional groups attached to an aromatic ring is 1. The molecule has 0 aliphatic carbocycles. The lowest BCUT2D eigenvalue weighted by Gasteiger charge is -2.01. The van der Waals surface area contributed by atoms with Gasteiger partial charge in [-0.05, 0) is 19.1 Å². The highest BCUT2D eigenvalue weighted by Gasteiger charge is 2.10. The molecule has 2 rings (SSSR count). The second-order valence-corrected chi connectivity index (χ2v) is 3.99. The Kier molecular flexibility index (Phi) is 3.29. The maximum atomic E-state index is 13.5. The number of aromatic nitrogens is 2. The lowest BCUT2D eigenvalue weighted by atomic mass is 10.2. The first-order chi connectivity index (χ1) is 8.49. The van der Waals surface area contributed by atoms with Gasteiger partial charge in [0.1, 0.15) is 0 Å². The van der Waals surface area contributed by atoms with Gasteiger partial charge in [-0.25, -0.2) is 18.4 Å². The van der Waals surface area contributed by atoms with Gasteiger partial charge in [0.05, 0.1) is 28.7 Å². The number of nitrogens with zero attached hydrogens (tertiary/aromatic N) is 3. The second kappa shape index (κ2) is 4.73. The third-order valence-electron chi connectivity index (χ3n) is 2.23. The molecule has 1 heterocycles. The van der Waals surface area contributed by atoms with E-state index >= 15 is 0 Å². The highest BCUT2D eigenvalue weighted by atomic mass is 35.5. The van der Waals surface area contributed by atoms with Crippen LogP contribution >= 0.6 is 11.6 Å². The van der Waals surface area contributed by atoms with Crippen LogP contribution in [0.1, 0.15) is 11.3 Å². The Morgan fingerprint density at radius 1 is 1.44 bits per heavy atom. The fraction of sp³-hybridized carbons (Fsp3) is 0.0909. The molecular formula is C11H9ClF2N4. The molecule has 0 saturated carbocycles. The summed E-state index contributed by atoms with van der Waals surface area (Å²) in [6.07, 6.45) is 2.65. The van der Waals surface area contributed by atoms with Crippen molar-refractivity contribution >= 4 is 23.8 Å². The van der Waals surface area contributed by atoms with Gasteiger partial charge in [0, 0.05) is 0 Å². The van der Waals surface area contributed by atoms with E-state index in [9.17, 15) is 8.78 Å². The summed E-state index contributed by atoms with van der Waals surface area (Å²) in [7, 11) is 0. The zero-order valence-electron chi connectivity index (χ0n) is 9.36. The van der Waals surface area contributed by atoms with Crippen molar-refractivity contribution in [1.82, 2.24) is 9.66 Å². The number of halogens is 3. The Morgan fingerprint density at radius 2 is 2.17 bits per heavy atom. The fourth-order valence-electron chi connectivity index (χ4n) is 1.38. The second-order valence-electron chi connectivity index (χ2n) is 3.59. The van der Waals surface area contributed by atoms with Crippen molar-refractivity contribution in [3.05, 3.63) is 46.2 Å². The largest absolute Gasteiger partial charge is 0.368 e. The van der Waals surface area contributed by atoms with Gasteiger partial charge in [-0.15, -0.1) is 0 Å². The van der Waals surface area contributed by atoms with Crippen LogP contribution in [-0.4, -0.2) is 15.9 Å². The number of aryl methyl sites for hydroxylation is 1. The summed E-state index contributed by atoms with van der Waals surface area (Å²) in [6, 6.07) is 2.20. The van der Waals surface area contributed by atoms with Gasteiger partial charge in [0.2, 0.25) is 5.95 Å². The molecule has 0 fully saturated rings. The van der Waals surface area contributed by atoms with Crippen molar-refractivity contribution < 1.29 is 8.78 Å². The number of rotatable bonds is 2. The normalized spacial score (nSPS) is 11.3. The molecule has 18 heavy (non-hydrogen) atoms. The maximum absolute atomic E-state index is 13.5. The molecule has 4 nitrogen and oxygen atoms in total. The van der Waals surface area contributed by atoms with Crippen molar-refractivity contribution in [2.75, 3.05) is 5.73 Å². The van der Waals surface area contributed by atoms with E-state index < -0.39 is 11.6 Å².